The first-order valence-electron chi connectivity index (χ1n) is 11.9. The summed E-state index contributed by atoms with van der Waals surface area (Å²) in [4.78, 5) is 28.2. The Kier molecular flexibility index (Phi) is 7.56. The molecule has 38 heavy (non-hydrogen) atoms. The summed E-state index contributed by atoms with van der Waals surface area (Å²) in [5.41, 5.74) is 4.60. The van der Waals surface area contributed by atoms with Crippen molar-refractivity contribution in [1.82, 2.24) is 19.9 Å². The molecule has 5 aromatic rings. The fourth-order valence-electron chi connectivity index (χ4n) is 3.87. The second-order valence-electron chi connectivity index (χ2n) is 8.39. The fourth-order valence-corrected chi connectivity index (χ4v) is 4.66. The van der Waals surface area contributed by atoms with Crippen LogP contribution in [0.3, 0.4) is 0 Å². The minimum atomic E-state index is -0.398. The van der Waals surface area contributed by atoms with Gasteiger partial charge in [0.1, 0.15) is 5.03 Å². The molecule has 2 aromatic heterocycles. The van der Waals surface area contributed by atoms with Crippen LogP contribution in [0.2, 0.25) is 0 Å². The van der Waals surface area contributed by atoms with Gasteiger partial charge in [0.05, 0.1) is 22.9 Å². The van der Waals surface area contributed by atoms with Gasteiger partial charge in [-0.3, -0.25) is 14.9 Å². The maximum Gasteiger partial charge on any atom is 0.269 e. The number of nitro benzene ring substituents is 1. The SMILES string of the molecule is O=C(NCc1c(/C=C/c2ccccc2)nc2ccc(SCc3cccc([N+](=O)[O-])c3)nn12)c1ccccc1. The first-order chi connectivity index (χ1) is 18.6. The van der Waals surface area contributed by atoms with E-state index in [9.17, 15) is 14.9 Å². The zero-order valence-electron chi connectivity index (χ0n) is 20.2. The number of amides is 1. The van der Waals surface area contributed by atoms with Gasteiger partial charge in [0.2, 0.25) is 0 Å². The molecule has 0 saturated heterocycles. The number of aromatic nitrogens is 3. The summed E-state index contributed by atoms with van der Waals surface area (Å²) < 4.78 is 1.74. The Labute approximate surface area is 223 Å². The van der Waals surface area contributed by atoms with Crippen LogP contribution in [0, 0.1) is 10.1 Å². The molecule has 0 radical (unpaired) electrons. The number of nitrogens with zero attached hydrogens (tertiary/aromatic N) is 4. The van der Waals surface area contributed by atoms with Crippen LogP contribution in [0.4, 0.5) is 5.69 Å². The third-order valence-corrected chi connectivity index (χ3v) is 6.76. The molecule has 0 aliphatic carbocycles. The number of rotatable bonds is 9. The molecular weight excluding hydrogens is 498 g/mol. The van der Waals surface area contributed by atoms with Crippen molar-refractivity contribution in [1.29, 1.82) is 0 Å². The second kappa shape index (κ2) is 11.5. The van der Waals surface area contributed by atoms with Gasteiger partial charge in [0.15, 0.2) is 5.65 Å². The topological polar surface area (TPSA) is 102 Å². The predicted molar refractivity (Wildman–Crippen MR) is 149 cm³/mol. The van der Waals surface area contributed by atoms with E-state index >= 15 is 0 Å². The number of non-ortho nitro benzene ring substituents is 1. The Hall–Kier alpha value is -4.76. The number of carbonyl (C=O) groups excluding carboxylic acids is 1. The summed E-state index contributed by atoms with van der Waals surface area (Å²) in [5.74, 6) is 0.338. The third kappa shape index (κ3) is 5.96. The number of imidazole rings is 1. The molecule has 2 heterocycles. The molecule has 0 atom stereocenters. The quantitative estimate of drug-likeness (QED) is 0.144. The summed E-state index contributed by atoms with van der Waals surface area (Å²) >= 11 is 1.47. The van der Waals surface area contributed by atoms with E-state index in [0.29, 0.717) is 22.7 Å². The highest BCUT2D eigenvalue weighted by molar-refractivity contribution is 7.98. The summed E-state index contributed by atoms with van der Waals surface area (Å²) in [6, 6.07) is 29.3. The lowest BCUT2D eigenvalue weighted by molar-refractivity contribution is -0.384. The van der Waals surface area contributed by atoms with Crippen molar-refractivity contribution in [3.05, 3.63) is 135 Å². The predicted octanol–water partition coefficient (Wildman–Crippen LogP) is 6.03. The highest BCUT2D eigenvalue weighted by atomic mass is 32.2. The van der Waals surface area contributed by atoms with Crippen LogP contribution in [0.5, 0.6) is 0 Å². The molecule has 0 fully saturated rings. The standard InChI is InChI=1S/C29H23N5O3S/c35-29(23-11-5-2-6-12-23)30-19-26-25(15-14-21-8-3-1-4-9-21)31-27-16-17-28(32-33(26)27)38-20-22-10-7-13-24(18-22)34(36)37/h1-18H,19-20H2,(H,30,35)/b15-14+. The number of hydrogen-bond acceptors (Lipinski definition) is 6. The maximum atomic E-state index is 12.7. The molecule has 0 spiro atoms. The summed E-state index contributed by atoms with van der Waals surface area (Å²) in [6.45, 7) is 0.232. The maximum absolute atomic E-state index is 12.7. The van der Waals surface area contributed by atoms with Gasteiger partial charge in [-0.2, -0.15) is 5.10 Å². The Morgan fingerprint density at radius 1 is 0.947 bits per heavy atom. The number of benzene rings is 3. The minimum absolute atomic E-state index is 0.0624. The summed E-state index contributed by atoms with van der Waals surface area (Å²) in [6.07, 6.45) is 3.90. The van der Waals surface area contributed by atoms with Crippen molar-refractivity contribution >= 4 is 41.2 Å². The number of nitro groups is 1. The van der Waals surface area contributed by atoms with Crippen LogP contribution in [0.15, 0.2) is 102 Å². The van der Waals surface area contributed by atoms with Crippen LogP contribution in [-0.2, 0) is 12.3 Å². The average molecular weight is 522 g/mol. The molecule has 1 N–H and O–H groups in total. The minimum Gasteiger partial charge on any atom is -0.346 e. The van der Waals surface area contributed by atoms with E-state index in [2.05, 4.69) is 5.32 Å². The van der Waals surface area contributed by atoms with E-state index in [0.717, 1.165) is 21.8 Å². The molecule has 1 amide bonds. The van der Waals surface area contributed by atoms with Crippen molar-refractivity contribution in [2.24, 2.45) is 0 Å². The smallest absolute Gasteiger partial charge is 0.269 e. The van der Waals surface area contributed by atoms with Crippen LogP contribution >= 0.6 is 11.8 Å². The van der Waals surface area contributed by atoms with Crippen molar-refractivity contribution in [3.8, 4) is 0 Å². The van der Waals surface area contributed by atoms with Gasteiger partial charge in [0.25, 0.3) is 11.6 Å². The van der Waals surface area contributed by atoms with E-state index < -0.39 is 4.92 Å². The molecule has 9 heteroatoms. The first-order valence-corrected chi connectivity index (χ1v) is 12.9. The van der Waals surface area contributed by atoms with Crippen molar-refractivity contribution in [2.75, 3.05) is 0 Å². The molecule has 3 aromatic carbocycles. The van der Waals surface area contributed by atoms with E-state index in [-0.39, 0.29) is 18.1 Å². The second-order valence-corrected chi connectivity index (χ2v) is 9.39. The molecular formula is C29H23N5O3S. The van der Waals surface area contributed by atoms with Crippen molar-refractivity contribution in [3.63, 3.8) is 0 Å². The molecule has 5 rings (SSSR count). The van der Waals surface area contributed by atoms with Gasteiger partial charge in [-0.1, -0.05) is 78.5 Å². The monoisotopic (exact) mass is 521 g/mol. The number of hydrogen-bond donors (Lipinski definition) is 1. The number of thioether (sulfide) groups is 1. The van der Waals surface area contributed by atoms with Crippen molar-refractivity contribution in [2.45, 2.75) is 17.3 Å². The first kappa shape index (κ1) is 24.9. The van der Waals surface area contributed by atoms with Gasteiger partial charge in [-0.05, 0) is 41.5 Å². The van der Waals surface area contributed by atoms with Gasteiger partial charge in [-0.25, -0.2) is 9.50 Å². The number of fused-ring (bicyclic) bond motifs is 1. The van der Waals surface area contributed by atoms with E-state index in [4.69, 9.17) is 10.1 Å². The Morgan fingerprint density at radius 2 is 1.71 bits per heavy atom. The zero-order chi connectivity index (χ0) is 26.3. The van der Waals surface area contributed by atoms with E-state index in [1.165, 1.54) is 17.8 Å². The van der Waals surface area contributed by atoms with E-state index in [1.54, 1.807) is 28.8 Å². The van der Waals surface area contributed by atoms with E-state index in [1.807, 2.05) is 78.9 Å². The van der Waals surface area contributed by atoms with Crippen molar-refractivity contribution < 1.29 is 9.72 Å². The lowest BCUT2D eigenvalue weighted by Gasteiger charge is -2.07. The Balaban J connectivity index is 1.43. The van der Waals surface area contributed by atoms with Gasteiger partial charge < -0.3 is 5.32 Å². The van der Waals surface area contributed by atoms with Gasteiger partial charge >= 0.3 is 0 Å². The van der Waals surface area contributed by atoms with Crippen LogP contribution in [-0.4, -0.2) is 25.4 Å². The Bertz CT molecular complexity index is 1620. The molecule has 188 valence electrons. The summed E-state index contributed by atoms with van der Waals surface area (Å²) in [7, 11) is 0. The molecule has 8 nitrogen and oxygen atoms in total. The van der Waals surface area contributed by atoms with Gasteiger partial charge in [0, 0.05) is 23.4 Å². The van der Waals surface area contributed by atoms with Gasteiger partial charge in [-0.15, -0.1) is 0 Å². The lowest BCUT2D eigenvalue weighted by atomic mass is 10.2. The molecule has 0 bridgehead atoms. The fraction of sp³-hybridized carbons (Fsp3) is 0.0690. The number of carbonyl (C=O) groups is 1. The third-order valence-electron chi connectivity index (χ3n) is 5.77. The largest absolute Gasteiger partial charge is 0.346 e. The molecule has 0 aliphatic heterocycles. The average Bonchev–Trinajstić information content (AvgIpc) is 3.31. The van der Waals surface area contributed by atoms with Crippen LogP contribution < -0.4 is 5.32 Å². The highest BCUT2D eigenvalue weighted by Crippen LogP contribution is 2.25. The summed E-state index contributed by atoms with van der Waals surface area (Å²) in [5, 5.41) is 19.6. The lowest BCUT2D eigenvalue weighted by Crippen LogP contribution is -2.24. The number of nitrogens with one attached hydrogen (secondary N) is 1. The van der Waals surface area contributed by atoms with Crippen LogP contribution in [0.1, 0.15) is 32.9 Å². The molecule has 0 unspecified atom stereocenters. The molecule has 0 aliphatic rings. The highest BCUT2D eigenvalue weighted by Gasteiger charge is 2.15. The normalized spacial score (nSPS) is 11.2. The Morgan fingerprint density at radius 3 is 2.47 bits per heavy atom. The zero-order valence-corrected chi connectivity index (χ0v) is 21.0. The molecule has 0 saturated carbocycles. The van der Waals surface area contributed by atoms with Crippen LogP contribution in [0.25, 0.3) is 17.8 Å².